The van der Waals surface area contributed by atoms with Crippen LogP contribution in [0, 0.1) is 0 Å². The van der Waals surface area contributed by atoms with Crippen LogP contribution in [0.25, 0.3) is 10.9 Å². The van der Waals surface area contributed by atoms with Gasteiger partial charge in [0.15, 0.2) is 0 Å². The molecular weight excluding hydrogens is 262 g/mol. The number of hydrogen-bond acceptors (Lipinski definition) is 5. The summed E-state index contributed by atoms with van der Waals surface area (Å²) in [4.78, 5) is 19.6. The third-order valence-corrected chi connectivity index (χ3v) is 3.48. The Morgan fingerprint density at radius 1 is 1.47 bits per heavy atom. The van der Waals surface area contributed by atoms with Gasteiger partial charge in [0, 0.05) is 23.9 Å². The Bertz CT molecular complexity index is 589. The lowest BCUT2D eigenvalue weighted by Gasteiger charge is -2.06. The van der Waals surface area contributed by atoms with Gasteiger partial charge in [0.25, 0.3) is 0 Å². The number of fused-ring (bicyclic) bond motifs is 1. The van der Waals surface area contributed by atoms with E-state index in [1.807, 2.05) is 11.8 Å². The fourth-order valence-electron chi connectivity index (χ4n) is 1.69. The number of nitrogens with zero attached hydrogens (tertiary/aromatic N) is 2. The minimum atomic E-state index is -0.975. The number of rotatable bonds is 6. The molecule has 0 saturated heterocycles. The van der Waals surface area contributed by atoms with E-state index in [0.29, 0.717) is 11.5 Å². The van der Waals surface area contributed by atoms with Gasteiger partial charge in [0.1, 0.15) is 0 Å². The van der Waals surface area contributed by atoms with E-state index in [1.54, 1.807) is 24.4 Å². The maximum Gasteiger partial charge on any atom is 0.337 e. The van der Waals surface area contributed by atoms with Crippen LogP contribution < -0.4 is 5.32 Å². The van der Waals surface area contributed by atoms with Crippen LogP contribution in [-0.4, -0.2) is 39.1 Å². The molecule has 1 aromatic heterocycles. The van der Waals surface area contributed by atoms with E-state index < -0.39 is 5.97 Å². The van der Waals surface area contributed by atoms with Gasteiger partial charge in [0.05, 0.1) is 11.1 Å². The van der Waals surface area contributed by atoms with Crippen molar-refractivity contribution in [2.75, 3.05) is 23.4 Å². The average Bonchev–Trinajstić information content (AvgIpc) is 2.42. The van der Waals surface area contributed by atoms with E-state index in [2.05, 4.69) is 22.2 Å². The van der Waals surface area contributed by atoms with Gasteiger partial charge in [-0.2, -0.15) is 11.8 Å². The van der Waals surface area contributed by atoms with E-state index >= 15 is 0 Å². The Hall–Kier alpha value is -1.82. The van der Waals surface area contributed by atoms with Gasteiger partial charge in [-0.25, -0.2) is 14.8 Å². The molecule has 0 aliphatic rings. The number of hydrogen-bond donors (Lipinski definition) is 2. The third kappa shape index (κ3) is 3.35. The van der Waals surface area contributed by atoms with Crippen LogP contribution in [-0.2, 0) is 0 Å². The van der Waals surface area contributed by atoms with Gasteiger partial charge >= 0.3 is 5.97 Å². The van der Waals surface area contributed by atoms with Crippen molar-refractivity contribution in [1.29, 1.82) is 0 Å². The molecule has 0 unspecified atom stereocenters. The summed E-state index contributed by atoms with van der Waals surface area (Å²) in [6.07, 6.45) is 1.64. The molecule has 5 nitrogen and oxygen atoms in total. The summed E-state index contributed by atoms with van der Waals surface area (Å²) in [5.41, 5.74) is 0.668. The number of carboxylic acids is 1. The number of carboxylic acid groups (broad SMARTS) is 1. The summed E-state index contributed by atoms with van der Waals surface area (Å²) in [5, 5.41) is 13.0. The number of aromatic nitrogens is 2. The molecular formula is C13H15N3O2S. The smallest absolute Gasteiger partial charge is 0.337 e. The van der Waals surface area contributed by atoms with Gasteiger partial charge < -0.3 is 10.4 Å². The molecule has 0 atom stereocenters. The summed E-state index contributed by atoms with van der Waals surface area (Å²) in [6, 6.07) is 5.05. The van der Waals surface area contributed by atoms with Crippen LogP contribution in [0.5, 0.6) is 0 Å². The first-order valence-electron chi connectivity index (χ1n) is 6.03. The lowest BCUT2D eigenvalue weighted by atomic mass is 10.1. The van der Waals surface area contributed by atoms with Crippen LogP contribution in [0.4, 0.5) is 5.95 Å². The van der Waals surface area contributed by atoms with E-state index in [9.17, 15) is 4.79 Å². The van der Waals surface area contributed by atoms with Crippen LogP contribution in [0.1, 0.15) is 17.3 Å². The second-order valence-corrected chi connectivity index (χ2v) is 5.26. The Labute approximate surface area is 115 Å². The molecule has 0 fully saturated rings. The molecule has 2 aromatic rings. The van der Waals surface area contributed by atoms with E-state index in [1.165, 1.54) is 0 Å². The lowest BCUT2D eigenvalue weighted by Crippen LogP contribution is -2.08. The lowest BCUT2D eigenvalue weighted by molar-refractivity contribution is 0.0699. The standard InChI is InChI=1S/C13H15N3O2S/c1-2-19-7-6-14-13-15-8-9-4-3-5-10(12(17)18)11(9)16-13/h3-5,8H,2,6-7H2,1H3,(H,17,18)(H,14,15,16). The highest BCUT2D eigenvalue weighted by molar-refractivity contribution is 7.99. The normalized spacial score (nSPS) is 10.6. The number of aromatic carboxylic acids is 1. The van der Waals surface area contributed by atoms with Crippen molar-refractivity contribution in [3.05, 3.63) is 30.0 Å². The highest BCUT2D eigenvalue weighted by Crippen LogP contribution is 2.17. The Morgan fingerprint density at radius 3 is 3.05 bits per heavy atom. The average molecular weight is 277 g/mol. The van der Waals surface area contributed by atoms with E-state index in [-0.39, 0.29) is 5.56 Å². The summed E-state index contributed by atoms with van der Waals surface area (Å²) < 4.78 is 0. The molecule has 19 heavy (non-hydrogen) atoms. The van der Waals surface area contributed by atoms with Crippen molar-refractivity contribution in [1.82, 2.24) is 9.97 Å². The highest BCUT2D eigenvalue weighted by Gasteiger charge is 2.10. The molecule has 0 aliphatic heterocycles. The van der Waals surface area contributed by atoms with Crippen molar-refractivity contribution >= 4 is 34.6 Å². The highest BCUT2D eigenvalue weighted by atomic mass is 32.2. The molecule has 0 aliphatic carbocycles. The van der Waals surface area contributed by atoms with Crippen LogP contribution in [0.2, 0.25) is 0 Å². The molecule has 0 amide bonds. The minimum Gasteiger partial charge on any atom is -0.478 e. The number of benzene rings is 1. The maximum absolute atomic E-state index is 11.1. The molecule has 6 heteroatoms. The summed E-state index contributed by atoms with van der Waals surface area (Å²) in [7, 11) is 0. The molecule has 0 radical (unpaired) electrons. The Kier molecular flexibility index (Phi) is 4.57. The van der Waals surface area contributed by atoms with Gasteiger partial charge in [-0.3, -0.25) is 0 Å². The zero-order valence-corrected chi connectivity index (χ0v) is 11.4. The second kappa shape index (κ2) is 6.38. The van der Waals surface area contributed by atoms with Crippen molar-refractivity contribution in [3.8, 4) is 0 Å². The molecule has 0 bridgehead atoms. The van der Waals surface area contributed by atoms with E-state index in [0.717, 1.165) is 23.4 Å². The Morgan fingerprint density at radius 2 is 2.32 bits per heavy atom. The number of nitrogens with one attached hydrogen (secondary N) is 1. The molecule has 2 N–H and O–H groups in total. The minimum absolute atomic E-state index is 0.200. The van der Waals surface area contributed by atoms with Gasteiger partial charge in [0.2, 0.25) is 5.95 Å². The van der Waals surface area contributed by atoms with Crippen LogP contribution in [0.3, 0.4) is 0 Å². The first kappa shape index (κ1) is 13.6. The largest absolute Gasteiger partial charge is 0.478 e. The molecule has 2 rings (SSSR count). The third-order valence-electron chi connectivity index (χ3n) is 2.57. The summed E-state index contributed by atoms with van der Waals surface area (Å²) >= 11 is 1.83. The first-order chi connectivity index (χ1) is 9.22. The van der Waals surface area contributed by atoms with Crippen LogP contribution >= 0.6 is 11.8 Å². The summed E-state index contributed by atoms with van der Waals surface area (Å²) in [6.45, 7) is 2.87. The van der Waals surface area contributed by atoms with E-state index in [4.69, 9.17) is 5.11 Å². The number of anilines is 1. The van der Waals surface area contributed by atoms with Gasteiger partial charge in [-0.1, -0.05) is 19.1 Å². The monoisotopic (exact) mass is 277 g/mol. The second-order valence-electron chi connectivity index (χ2n) is 3.87. The van der Waals surface area contributed by atoms with Crippen molar-refractivity contribution in [2.45, 2.75) is 6.92 Å². The van der Waals surface area contributed by atoms with Crippen molar-refractivity contribution in [2.24, 2.45) is 0 Å². The molecule has 0 saturated carbocycles. The van der Waals surface area contributed by atoms with Crippen LogP contribution in [0.15, 0.2) is 24.4 Å². The predicted molar refractivity (Wildman–Crippen MR) is 78.0 cm³/mol. The van der Waals surface area contributed by atoms with Crippen molar-refractivity contribution < 1.29 is 9.90 Å². The zero-order valence-electron chi connectivity index (χ0n) is 10.6. The number of carbonyl (C=O) groups is 1. The van der Waals surface area contributed by atoms with Gasteiger partial charge in [-0.05, 0) is 11.8 Å². The number of thioether (sulfide) groups is 1. The molecule has 100 valence electrons. The molecule has 1 aromatic carbocycles. The molecule has 1 heterocycles. The quantitative estimate of drug-likeness (QED) is 0.790. The molecule has 0 spiro atoms. The fourth-order valence-corrected chi connectivity index (χ4v) is 2.23. The maximum atomic E-state index is 11.1. The summed E-state index contributed by atoms with van der Waals surface area (Å²) in [5.74, 6) is 1.54. The fraction of sp³-hybridized carbons (Fsp3) is 0.308. The van der Waals surface area contributed by atoms with Gasteiger partial charge in [-0.15, -0.1) is 0 Å². The van der Waals surface area contributed by atoms with Crippen molar-refractivity contribution in [3.63, 3.8) is 0 Å². The SMILES string of the molecule is CCSCCNc1ncc2cccc(C(=O)O)c2n1. The topological polar surface area (TPSA) is 75.1 Å². The first-order valence-corrected chi connectivity index (χ1v) is 7.18. The zero-order chi connectivity index (χ0) is 13.7. The Balaban J connectivity index is 2.23. The predicted octanol–water partition coefficient (Wildman–Crippen LogP) is 2.49. The number of para-hydroxylation sites is 1.